The number of nitrogens with zero attached hydrogens (tertiary/aromatic N) is 3. The highest BCUT2D eigenvalue weighted by Gasteiger charge is 2.15. The first-order valence-corrected chi connectivity index (χ1v) is 7.86. The summed E-state index contributed by atoms with van der Waals surface area (Å²) >= 11 is 5.96. The number of hydrogen-bond donors (Lipinski definition) is 3. The zero-order chi connectivity index (χ0) is 18.3. The number of halogens is 1. The third kappa shape index (κ3) is 2.62. The van der Waals surface area contributed by atoms with Crippen molar-refractivity contribution in [2.45, 2.75) is 0 Å². The molecule has 1 amide bonds. The van der Waals surface area contributed by atoms with Gasteiger partial charge in [0.25, 0.3) is 5.56 Å². The van der Waals surface area contributed by atoms with Crippen LogP contribution in [0.1, 0.15) is 10.5 Å². The molecule has 0 unspecified atom stereocenters. The third-order valence-corrected chi connectivity index (χ3v) is 4.09. The Bertz CT molecular complexity index is 1260. The van der Waals surface area contributed by atoms with Crippen molar-refractivity contribution in [3.8, 4) is 5.88 Å². The van der Waals surface area contributed by atoms with Crippen LogP contribution in [0.5, 0.6) is 5.88 Å². The van der Waals surface area contributed by atoms with Crippen molar-refractivity contribution in [2.75, 3.05) is 0 Å². The summed E-state index contributed by atoms with van der Waals surface area (Å²) in [6.45, 7) is 0. The van der Waals surface area contributed by atoms with Gasteiger partial charge < -0.3 is 10.1 Å². The number of H-pyrrole nitrogens is 2. The number of rotatable bonds is 2. The zero-order valence-electron chi connectivity index (χ0n) is 13.0. The number of carbonyl (C=O) groups excluding carboxylic acids is 1. The number of amides is 1. The van der Waals surface area contributed by atoms with Gasteiger partial charge in [-0.3, -0.25) is 9.59 Å². The monoisotopic (exact) mass is 367 g/mol. The average Bonchev–Trinajstić information content (AvgIpc) is 2.95. The van der Waals surface area contributed by atoms with Crippen molar-refractivity contribution in [1.29, 1.82) is 0 Å². The van der Waals surface area contributed by atoms with Crippen molar-refractivity contribution >= 4 is 44.9 Å². The van der Waals surface area contributed by atoms with E-state index in [1.165, 1.54) is 0 Å². The van der Waals surface area contributed by atoms with Crippen LogP contribution in [0, 0.1) is 0 Å². The summed E-state index contributed by atoms with van der Waals surface area (Å²) in [7, 11) is 0. The molecule has 2 aromatic carbocycles. The number of fused-ring (bicyclic) bond motifs is 2. The van der Waals surface area contributed by atoms with E-state index in [0.29, 0.717) is 26.7 Å². The lowest BCUT2D eigenvalue weighted by atomic mass is 10.1. The molecule has 0 aliphatic heterocycles. The summed E-state index contributed by atoms with van der Waals surface area (Å²) in [4.78, 5) is 26.9. The average molecular weight is 368 g/mol. The van der Waals surface area contributed by atoms with Gasteiger partial charge in [0.2, 0.25) is 5.88 Å². The Morgan fingerprint density at radius 2 is 1.88 bits per heavy atom. The SMILES string of the molecule is O=C(N=Nc1c(O)[nH]c2ccc(Cl)cc12)c1n[nH]c(=O)c2ccccc12. The molecule has 0 aliphatic rings. The van der Waals surface area contributed by atoms with Gasteiger partial charge in [0.05, 0.1) is 10.9 Å². The van der Waals surface area contributed by atoms with E-state index in [2.05, 4.69) is 25.4 Å². The topological polar surface area (TPSA) is 124 Å². The van der Waals surface area contributed by atoms with Gasteiger partial charge in [0.15, 0.2) is 11.4 Å². The van der Waals surface area contributed by atoms with Crippen LogP contribution in [0.2, 0.25) is 5.02 Å². The first-order valence-electron chi connectivity index (χ1n) is 7.48. The van der Waals surface area contributed by atoms with Gasteiger partial charge in [-0.2, -0.15) is 5.10 Å². The first kappa shape index (κ1) is 16.0. The Hall–Kier alpha value is -3.52. The molecule has 3 N–H and O–H groups in total. The molecule has 0 fully saturated rings. The summed E-state index contributed by atoms with van der Waals surface area (Å²) < 4.78 is 0. The maximum atomic E-state index is 12.4. The molecule has 4 aromatic rings. The van der Waals surface area contributed by atoms with E-state index in [4.69, 9.17) is 11.6 Å². The number of aromatic hydroxyl groups is 1. The Morgan fingerprint density at radius 3 is 2.69 bits per heavy atom. The molecule has 9 heteroatoms. The molecule has 4 rings (SSSR count). The first-order chi connectivity index (χ1) is 12.5. The summed E-state index contributed by atoms with van der Waals surface area (Å²) in [6.07, 6.45) is 0. The van der Waals surface area contributed by atoms with Crippen LogP contribution in [0.25, 0.3) is 21.7 Å². The quantitative estimate of drug-likeness (QED) is 0.467. The lowest BCUT2D eigenvalue weighted by molar-refractivity contribution is 0.0991. The van der Waals surface area contributed by atoms with Crippen molar-refractivity contribution in [3.05, 3.63) is 63.5 Å². The molecule has 0 aliphatic carbocycles. The van der Waals surface area contributed by atoms with Crippen LogP contribution in [0.15, 0.2) is 57.5 Å². The fourth-order valence-electron chi connectivity index (χ4n) is 2.66. The third-order valence-electron chi connectivity index (χ3n) is 3.85. The van der Waals surface area contributed by atoms with Crippen molar-refractivity contribution in [3.63, 3.8) is 0 Å². The molecule has 0 saturated carbocycles. The summed E-state index contributed by atoms with van der Waals surface area (Å²) in [5.74, 6) is -0.994. The van der Waals surface area contributed by atoms with Crippen LogP contribution < -0.4 is 5.56 Å². The predicted octanol–water partition coefficient (Wildman–Crippen LogP) is 3.69. The second-order valence-electron chi connectivity index (χ2n) is 5.46. The number of azo groups is 1. The van der Waals surface area contributed by atoms with Crippen LogP contribution in [0.3, 0.4) is 0 Å². The van der Waals surface area contributed by atoms with Crippen molar-refractivity contribution in [2.24, 2.45) is 10.2 Å². The van der Waals surface area contributed by atoms with Gasteiger partial charge in [-0.05, 0) is 24.3 Å². The van der Waals surface area contributed by atoms with E-state index < -0.39 is 11.5 Å². The predicted molar refractivity (Wildman–Crippen MR) is 96.2 cm³/mol. The van der Waals surface area contributed by atoms with Gasteiger partial charge in [-0.1, -0.05) is 29.8 Å². The van der Waals surface area contributed by atoms with Crippen LogP contribution in [0.4, 0.5) is 5.69 Å². The van der Waals surface area contributed by atoms with Gasteiger partial charge in [-0.15, -0.1) is 10.2 Å². The second kappa shape index (κ2) is 6.08. The molecule has 2 aromatic heterocycles. The molecule has 0 atom stereocenters. The Balaban J connectivity index is 1.78. The molecule has 0 spiro atoms. The minimum absolute atomic E-state index is 0.0405. The van der Waals surface area contributed by atoms with Crippen LogP contribution in [-0.2, 0) is 0 Å². The second-order valence-corrected chi connectivity index (χ2v) is 5.90. The molecule has 0 saturated heterocycles. The van der Waals surface area contributed by atoms with Crippen LogP contribution in [-0.4, -0.2) is 26.2 Å². The van der Waals surface area contributed by atoms with E-state index in [1.54, 1.807) is 42.5 Å². The maximum absolute atomic E-state index is 12.4. The molecule has 0 radical (unpaired) electrons. The largest absolute Gasteiger partial charge is 0.493 e. The van der Waals surface area contributed by atoms with Gasteiger partial charge in [0, 0.05) is 15.8 Å². The minimum Gasteiger partial charge on any atom is -0.493 e. The Kier molecular flexibility index (Phi) is 3.74. The number of carbonyl (C=O) groups is 1. The Labute approximate surface area is 150 Å². The highest BCUT2D eigenvalue weighted by molar-refractivity contribution is 6.31. The minimum atomic E-state index is -0.756. The highest BCUT2D eigenvalue weighted by atomic mass is 35.5. The van der Waals surface area contributed by atoms with E-state index >= 15 is 0 Å². The molecular formula is C17H10ClN5O3. The fraction of sp³-hybridized carbons (Fsp3) is 0. The van der Waals surface area contributed by atoms with Gasteiger partial charge >= 0.3 is 5.91 Å². The molecule has 0 bridgehead atoms. The summed E-state index contributed by atoms with van der Waals surface area (Å²) in [5.41, 5.74) is 0.241. The zero-order valence-corrected chi connectivity index (χ0v) is 13.8. The van der Waals surface area contributed by atoms with E-state index in [9.17, 15) is 14.7 Å². The standard InChI is InChI=1S/C17H10ClN5O3/c18-8-5-6-12-11(7-8)14(16(25)19-12)21-23-17(26)13-9-3-1-2-4-10(9)15(24)22-20-13/h1-7,19,25H,(H,22,24). The fourth-order valence-corrected chi connectivity index (χ4v) is 2.83. The number of aromatic amines is 2. The van der Waals surface area contributed by atoms with E-state index in [-0.39, 0.29) is 17.3 Å². The summed E-state index contributed by atoms with van der Waals surface area (Å²) in [6, 6.07) is 11.5. The molecule has 128 valence electrons. The highest BCUT2D eigenvalue weighted by Crippen LogP contribution is 2.36. The van der Waals surface area contributed by atoms with Gasteiger partial charge in [-0.25, -0.2) is 5.10 Å². The molecular weight excluding hydrogens is 358 g/mol. The number of aromatic nitrogens is 3. The van der Waals surface area contributed by atoms with Crippen LogP contribution >= 0.6 is 11.6 Å². The molecule has 8 nitrogen and oxygen atoms in total. The van der Waals surface area contributed by atoms with E-state index in [0.717, 1.165) is 0 Å². The van der Waals surface area contributed by atoms with E-state index in [1.807, 2.05) is 0 Å². The number of nitrogens with one attached hydrogen (secondary N) is 2. The van der Waals surface area contributed by atoms with Crippen molar-refractivity contribution < 1.29 is 9.90 Å². The maximum Gasteiger partial charge on any atom is 0.316 e. The normalized spacial score (nSPS) is 11.6. The summed E-state index contributed by atoms with van der Waals surface area (Å²) in [5, 5.41) is 25.2. The smallest absolute Gasteiger partial charge is 0.316 e. The number of hydrogen-bond acceptors (Lipinski definition) is 5. The van der Waals surface area contributed by atoms with Crippen molar-refractivity contribution in [1.82, 2.24) is 15.2 Å². The molecule has 2 heterocycles. The number of benzene rings is 2. The Morgan fingerprint density at radius 1 is 1.12 bits per heavy atom. The molecule has 26 heavy (non-hydrogen) atoms. The van der Waals surface area contributed by atoms with Gasteiger partial charge in [0.1, 0.15) is 0 Å². The lowest BCUT2D eigenvalue weighted by Gasteiger charge is -2.00. The lowest BCUT2D eigenvalue weighted by Crippen LogP contribution is -2.13.